The van der Waals surface area contributed by atoms with Gasteiger partial charge in [0.15, 0.2) is 0 Å². The van der Waals surface area contributed by atoms with Crippen molar-refractivity contribution in [3.05, 3.63) is 30.1 Å². The highest BCUT2D eigenvalue weighted by Gasteiger charge is 2.13. The lowest BCUT2D eigenvalue weighted by atomic mass is 10.3. The van der Waals surface area contributed by atoms with Crippen molar-refractivity contribution in [1.29, 1.82) is 0 Å². The summed E-state index contributed by atoms with van der Waals surface area (Å²) in [7, 11) is 0. The summed E-state index contributed by atoms with van der Waals surface area (Å²) in [6, 6.07) is 8.39. The van der Waals surface area contributed by atoms with E-state index >= 15 is 0 Å². The Labute approximate surface area is 125 Å². The maximum absolute atomic E-state index is 5.91. The molecular formula is C16H22ClN3. The number of para-hydroxylation sites is 2. The van der Waals surface area contributed by atoms with Crippen molar-refractivity contribution in [3.63, 3.8) is 0 Å². The maximum Gasteiger partial charge on any atom is 0.111 e. The molecule has 4 heteroatoms. The van der Waals surface area contributed by atoms with E-state index < -0.39 is 0 Å². The number of rotatable bonds is 6. The van der Waals surface area contributed by atoms with Crippen molar-refractivity contribution in [2.24, 2.45) is 0 Å². The van der Waals surface area contributed by atoms with Crippen molar-refractivity contribution in [3.8, 4) is 0 Å². The van der Waals surface area contributed by atoms with E-state index in [1.165, 1.54) is 44.4 Å². The molecule has 0 unspecified atom stereocenters. The minimum Gasteiger partial charge on any atom is -0.328 e. The smallest absolute Gasteiger partial charge is 0.111 e. The predicted octanol–water partition coefficient (Wildman–Crippen LogP) is 3.30. The Hall–Kier alpha value is -1.06. The summed E-state index contributed by atoms with van der Waals surface area (Å²) < 4.78 is 2.35. The fraction of sp³-hybridized carbons (Fsp3) is 0.562. The van der Waals surface area contributed by atoms with Crippen LogP contribution in [0.4, 0.5) is 0 Å². The number of imidazole rings is 1. The van der Waals surface area contributed by atoms with Gasteiger partial charge in [0.1, 0.15) is 5.82 Å². The Kier molecular flexibility index (Phi) is 4.58. The third-order valence-corrected chi connectivity index (χ3v) is 4.30. The van der Waals surface area contributed by atoms with Gasteiger partial charge in [0.2, 0.25) is 0 Å². The van der Waals surface area contributed by atoms with Gasteiger partial charge in [-0.25, -0.2) is 4.98 Å². The third kappa shape index (κ3) is 2.99. The van der Waals surface area contributed by atoms with Gasteiger partial charge in [-0.15, -0.1) is 11.6 Å². The quantitative estimate of drug-likeness (QED) is 0.762. The molecule has 20 heavy (non-hydrogen) atoms. The first-order valence-electron chi connectivity index (χ1n) is 7.61. The summed E-state index contributed by atoms with van der Waals surface area (Å²) >= 11 is 5.91. The molecule has 1 aromatic heterocycles. The van der Waals surface area contributed by atoms with Gasteiger partial charge < -0.3 is 9.47 Å². The third-order valence-electron chi connectivity index (χ3n) is 4.11. The number of fused-ring (bicyclic) bond motifs is 1. The average Bonchev–Trinajstić information content (AvgIpc) is 3.08. The molecule has 0 bridgehead atoms. The summed E-state index contributed by atoms with van der Waals surface area (Å²) in [5.41, 5.74) is 2.34. The number of hydrogen-bond donors (Lipinski definition) is 0. The molecule has 1 aromatic carbocycles. The molecule has 0 N–H and O–H groups in total. The summed E-state index contributed by atoms with van der Waals surface area (Å²) in [5, 5.41) is 0. The number of aromatic nitrogens is 2. The van der Waals surface area contributed by atoms with Crippen LogP contribution in [-0.2, 0) is 13.0 Å². The normalized spacial score (nSPS) is 16.2. The van der Waals surface area contributed by atoms with Gasteiger partial charge in [-0.1, -0.05) is 12.1 Å². The van der Waals surface area contributed by atoms with E-state index in [4.69, 9.17) is 16.6 Å². The molecule has 2 aromatic rings. The Balaban J connectivity index is 1.72. The molecular weight excluding hydrogens is 270 g/mol. The van der Waals surface area contributed by atoms with Crippen LogP contribution in [0, 0.1) is 0 Å². The van der Waals surface area contributed by atoms with Crippen LogP contribution < -0.4 is 0 Å². The summed E-state index contributed by atoms with van der Waals surface area (Å²) in [5.74, 6) is 1.76. The fourth-order valence-electron chi connectivity index (χ4n) is 3.11. The van der Waals surface area contributed by atoms with Crippen LogP contribution >= 0.6 is 11.6 Å². The molecule has 2 heterocycles. The average molecular weight is 292 g/mol. The van der Waals surface area contributed by atoms with Gasteiger partial charge in [-0.05, 0) is 51.0 Å². The zero-order valence-corrected chi connectivity index (χ0v) is 12.6. The first-order valence-corrected chi connectivity index (χ1v) is 8.14. The van der Waals surface area contributed by atoms with Crippen LogP contribution in [-0.4, -0.2) is 40.0 Å². The zero-order chi connectivity index (χ0) is 13.8. The zero-order valence-electron chi connectivity index (χ0n) is 11.9. The molecule has 1 fully saturated rings. The molecule has 0 atom stereocenters. The summed E-state index contributed by atoms with van der Waals surface area (Å²) in [6.45, 7) is 4.80. The van der Waals surface area contributed by atoms with Gasteiger partial charge in [-0.2, -0.15) is 0 Å². The van der Waals surface area contributed by atoms with Gasteiger partial charge in [0.25, 0.3) is 0 Å². The maximum atomic E-state index is 5.91. The van der Waals surface area contributed by atoms with Crippen molar-refractivity contribution >= 4 is 22.6 Å². The molecule has 1 aliphatic rings. The van der Waals surface area contributed by atoms with Crippen molar-refractivity contribution < 1.29 is 0 Å². The molecule has 1 aliphatic heterocycles. The highest BCUT2D eigenvalue weighted by Crippen LogP contribution is 2.18. The highest BCUT2D eigenvalue weighted by molar-refractivity contribution is 6.17. The number of nitrogens with zero attached hydrogens (tertiary/aromatic N) is 3. The molecule has 0 spiro atoms. The molecule has 108 valence electrons. The molecule has 0 radical (unpaired) electrons. The van der Waals surface area contributed by atoms with Crippen LogP contribution in [0.15, 0.2) is 24.3 Å². The molecule has 0 aliphatic carbocycles. The van der Waals surface area contributed by atoms with Crippen molar-refractivity contribution in [2.45, 2.75) is 32.2 Å². The lowest BCUT2D eigenvalue weighted by Crippen LogP contribution is -2.21. The van der Waals surface area contributed by atoms with E-state index in [9.17, 15) is 0 Å². The van der Waals surface area contributed by atoms with Crippen LogP contribution in [0.5, 0.6) is 0 Å². The van der Waals surface area contributed by atoms with Gasteiger partial charge in [0, 0.05) is 18.8 Å². The summed E-state index contributed by atoms with van der Waals surface area (Å²) in [4.78, 5) is 7.29. The van der Waals surface area contributed by atoms with Crippen LogP contribution in [0.2, 0.25) is 0 Å². The molecule has 0 saturated carbocycles. The Bertz CT molecular complexity index is 558. The SMILES string of the molecule is ClCCc1nc2ccccc2n1CCCN1CCCC1. The minimum atomic E-state index is 0.634. The fourth-order valence-corrected chi connectivity index (χ4v) is 3.28. The second-order valence-corrected chi connectivity index (χ2v) is 5.89. The minimum absolute atomic E-state index is 0.634. The van der Waals surface area contributed by atoms with E-state index in [1.807, 2.05) is 6.07 Å². The second kappa shape index (κ2) is 6.59. The number of aryl methyl sites for hydroxylation is 2. The summed E-state index contributed by atoms with van der Waals surface area (Å²) in [6.07, 6.45) is 4.77. The number of hydrogen-bond acceptors (Lipinski definition) is 2. The molecule has 0 amide bonds. The standard InChI is InChI=1S/C16H22ClN3/c17-9-8-16-18-14-6-1-2-7-15(14)20(16)13-5-12-19-10-3-4-11-19/h1-2,6-7H,3-5,8-13H2. The van der Waals surface area contributed by atoms with Gasteiger partial charge in [0.05, 0.1) is 11.0 Å². The number of halogens is 1. The van der Waals surface area contributed by atoms with Crippen molar-refractivity contribution in [1.82, 2.24) is 14.5 Å². The van der Waals surface area contributed by atoms with Crippen LogP contribution in [0.1, 0.15) is 25.1 Å². The first-order chi connectivity index (χ1) is 9.88. The first kappa shape index (κ1) is 13.9. The van der Waals surface area contributed by atoms with E-state index in [1.54, 1.807) is 0 Å². The molecule has 3 rings (SSSR count). The van der Waals surface area contributed by atoms with Gasteiger partial charge in [-0.3, -0.25) is 0 Å². The van der Waals surface area contributed by atoms with E-state index in [0.29, 0.717) is 5.88 Å². The van der Waals surface area contributed by atoms with E-state index in [-0.39, 0.29) is 0 Å². The van der Waals surface area contributed by atoms with Gasteiger partial charge >= 0.3 is 0 Å². The predicted molar refractivity (Wildman–Crippen MR) is 84.4 cm³/mol. The lowest BCUT2D eigenvalue weighted by Gasteiger charge is -2.15. The lowest BCUT2D eigenvalue weighted by molar-refractivity contribution is 0.325. The largest absolute Gasteiger partial charge is 0.328 e. The Morgan fingerprint density at radius 1 is 1.10 bits per heavy atom. The Morgan fingerprint density at radius 2 is 1.90 bits per heavy atom. The van der Waals surface area contributed by atoms with Crippen LogP contribution in [0.25, 0.3) is 11.0 Å². The monoisotopic (exact) mass is 291 g/mol. The molecule has 1 saturated heterocycles. The van der Waals surface area contributed by atoms with Crippen molar-refractivity contribution in [2.75, 3.05) is 25.5 Å². The van der Waals surface area contributed by atoms with E-state index in [2.05, 4.69) is 27.7 Å². The Morgan fingerprint density at radius 3 is 2.70 bits per heavy atom. The molecule has 3 nitrogen and oxygen atoms in total. The highest BCUT2D eigenvalue weighted by atomic mass is 35.5. The van der Waals surface area contributed by atoms with E-state index in [0.717, 1.165) is 24.3 Å². The number of alkyl halides is 1. The van der Waals surface area contributed by atoms with Crippen LogP contribution in [0.3, 0.4) is 0 Å². The second-order valence-electron chi connectivity index (χ2n) is 5.51. The number of benzene rings is 1. The topological polar surface area (TPSA) is 21.1 Å². The number of likely N-dealkylation sites (tertiary alicyclic amines) is 1.